The van der Waals surface area contributed by atoms with Crippen LogP contribution in [0, 0.1) is 5.41 Å². The fraction of sp³-hybridized carbons (Fsp3) is 0.667. The Morgan fingerprint density at radius 2 is 2.06 bits per heavy atom. The van der Waals surface area contributed by atoms with Crippen molar-refractivity contribution in [3.8, 4) is 0 Å². The van der Waals surface area contributed by atoms with E-state index in [1.54, 1.807) is 0 Å². The molecular formula is C12H19N5. The third-order valence-electron chi connectivity index (χ3n) is 4.41. The summed E-state index contributed by atoms with van der Waals surface area (Å²) < 4.78 is 0. The number of nitrogens with zero attached hydrogens (tertiary/aromatic N) is 2. The van der Waals surface area contributed by atoms with Gasteiger partial charge in [0.15, 0.2) is 0 Å². The maximum Gasteiger partial charge on any atom is 0.221 e. The van der Waals surface area contributed by atoms with E-state index in [4.69, 9.17) is 11.5 Å². The van der Waals surface area contributed by atoms with Crippen LogP contribution in [0.3, 0.4) is 0 Å². The number of nitrogen functional groups attached to an aromatic ring is 2. The summed E-state index contributed by atoms with van der Waals surface area (Å²) in [7, 11) is 0. The fourth-order valence-corrected chi connectivity index (χ4v) is 3.54. The van der Waals surface area contributed by atoms with Gasteiger partial charge < -0.3 is 16.8 Å². The number of nitrogens with two attached hydrogens (primary N) is 2. The Hall–Kier alpha value is -1.36. The van der Waals surface area contributed by atoms with Crippen LogP contribution in [0.5, 0.6) is 0 Å². The summed E-state index contributed by atoms with van der Waals surface area (Å²) in [5, 5.41) is 3.50. The second-order valence-electron chi connectivity index (χ2n) is 5.32. The first kappa shape index (κ1) is 10.8. The second kappa shape index (κ2) is 3.84. The van der Waals surface area contributed by atoms with E-state index in [0.29, 0.717) is 17.2 Å². The maximum atomic E-state index is 5.99. The molecule has 2 fully saturated rings. The van der Waals surface area contributed by atoms with Gasteiger partial charge >= 0.3 is 0 Å². The summed E-state index contributed by atoms with van der Waals surface area (Å²) in [4.78, 5) is 8.19. The molecule has 1 aliphatic heterocycles. The minimum Gasteiger partial charge on any atom is -0.383 e. The van der Waals surface area contributed by atoms with Crippen molar-refractivity contribution in [1.82, 2.24) is 15.3 Å². The van der Waals surface area contributed by atoms with Gasteiger partial charge in [0, 0.05) is 30.8 Å². The standard InChI is InChI=1S/C12H19N5/c13-10-8(5-16-11(14)17-10)9-6-15-7-12(9)3-1-2-4-12/h5,9,15H,1-4,6-7H2,(H4,13,14,16,17). The number of hydrogen-bond donors (Lipinski definition) is 3. The molecule has 1 atom stereocenters. The third kappa shape index (κ3) is 1.65. The average molecular weight is 233 g/mol. The zero-order chi connectivity index (χ0) is 11.9. The van der Waals surface area contributed by atoms with Crippen LogP contribution in [0.2, 0.25) is 0 Å². The van der Waals surface area contributed by atoms with Crippen LogP contribution < -0.4 is 16.8 Å². The molecular weight excluding hydrogens is 214 g/mol. The van der Waals surface area contributed by atoms with Crippen LogP contribution in [0.25, 0.3) is 0 Å². The highest BCUT2D eigenvalue weighted by Gasteiger charge is 2.46. The SMILES string of the molecule is Nc1ncc(C2CNCC23CCCC3)c(N)n1. The van der Waals surface area contributed by atoms with Crippen molar-refractivity contribution in [2.75, 3.05) is 24.6 Å². The lowest BCUT2D eigenvalue weighted by atomic mass is 9.73. The van der Waals surface area contributed by atoms with Gasteiger partial charge in [0.2, 0.25) is 5.95 Å². The molecule has 1 aromatic heterocycles. The van der Waals surface area contributed by atoms with E-state index in [0.717, 1.165) is 18.7 Å². The number of anilines is 2. The van der Waals surface area contributed by atoms with Gasteiger partial charge in [0.25, 0.3) is 0 Å². The molecule has 1 spiro atoms. The molecule has 1 saturated heterocycles. The number of hydrogen-bond acceptors (Lipinski definition) is 5. The normalized spacial score (nSPS) is 26.7. The van der Waals surface area contributed by atoms with Gasteiger partial charge in [-0.25, -0.2) is 4.98 Å². The highest BCUT2D eigenvalue weighted by atomic mass is 15.0. The molecule has 0 aromatic carbocycles. The smallest absolute Gasteiger partial charge is 0.221 e. The first-order valence-electron chi connectivity index (χ1n) is 6.30. The molecule has 17 heavy (non-hydrogen) atoms. The van der Waals surface area contributed by atoms with Crippen LogP contribution in [0.1, 0.15) is 37.2 Å². The Balaban J connectivity index is 1.97. The molecule has 3 rings (SSSR count). The van der Waals surface area contributed by atoms with Crippen LogP contribution in [0.4, 0.5) is 11.8 Å². The summed E-state index contributed by atoms with van der Waals surface area (Å²) in [6.45, 7) is 2.08. The van der Waals surface area contributed by atoms with Gasteiger partial charge in [-0.1, -0.05) is 12.8 Å². The predicted molar refractivity (Wildman–Crippen MR) is 67.4 cm³/mol. The monoisotopic (exact) mass is 233 g/mol. The minimum absolute atomic E-state index is 0.262. The van der Waals surface area contributed by atoms with Gasteiger partial charge in [-0.15, -0.1) is 0 Å². The molecule has 1 aliphatic carbocycles. The topological polar surface area (TPSA) is 89.8 Å². The Morgan fingerprint density at radius 1 is 1.29 bits per heavy atom. The summed E-state index contributed by atoms with van der Waals surface area (Å²) in [5.74, 6) is 1.26. The quantitative estimate of drug-likeness (QED) is 0.670. The number of rotatable bonds is 1. The average Bonchev–Trinajstić information content (AvgIpc) is 2.91. The first-order valence-corrected chi connectivity index (χ1v) is 6.30. The molecule has 2 aliphatic rings. The van der Waals surface area contributed by atoms with Crippen LogP contribution in [0.15, 0.2) is 6.20 Å². The van der Waals surface area contributed by atoms with Crippen molar-refractivity contribution < 1.29 is 0 Å². The lowest BCUT2D eigenvalue weighted by Gasteiger charge is -2.30. The van der Waals surface area contributed by atoms with E-state index in [9.17, 15) is 0 Å². The Kier molecular flexibility index (Phi) is 2.43. The predicted octanol–water partition coefficient (Wildman–Crippen LogP) is 0.888. The van der Waals surface area contributed by atoms with Gasteiger partial charge in [-0.3, -0.25) is 0 Å². The number of nitrogens with one attached hydrogen (secondary N) is 1. The molecule has 1 saturated carbocycles. The Labute approximate surface area is 101 Å². The molecule has 1 unspecified atom stereocenters. The fourth-order valence-electron chi connectivity index (χ4n) is 3.54. The van der Waals surface area contributed by atoms with Crippen molar-refractivity contribution in [1.29, 1.82) is 0 Å². The van der Waals surface area contributed by atoms with Crippen molar-refractivity contribution in [2.24, 2.45) is 5.41 Å². The lowest BCUT2D eigenvalue weighted by Crippen LogP contribution is -2.26. The second-order valence-corrected chi connectivity index (χ2v) is 5.32. The van der Waals surface area contributed by atoms with Gasteiger partial charge in [0.05, 0.1) is 0 Å². The highest BCUT2D eigenvalue weighted by Crippen LogP contribution is 2.51. The molecule has 5 heteroatoms. The van der Waals surface area contributed by atoms with E-state index in [2.05, 4.69) is 15.3 Å². The van der Waals surface area contributed by atoms with E-state index >= 15 is 0 Å². The van der Waals surface area contributed by atoms with Crippen LogP contribution in [-0.4, -0.2) is 23.1 Å². The molecule has 0 bridgehead atoms. The van der Waals surface area contributed by atoms with E-state index in [1.807, 2.05) is 6.20 Å². The molecule has 1 aromatic rings. The highest BCUT2D eigenvalue weighted by molar-refractivity contribution is 5.45. The zero-order valence-electron chi connectivity index (χ0n) is 9.95. The summed E-state index contributed by atoms with van der Waals surface area (Å²) in [6, 6.07) is 0. The van der Waals surface area contributed by atoms with E-state index < -0.39 is 0 Å². The van der Waals surface area contributed by atoms with Crippen LogP contribution in [-0.2, 0) is 0 Å². The third-order valence-corrected chi connectivity index (χ3v) is 4.41. The van der Waals surface area contributed by atoms with Gasteiger partial charge in [-0.05, 0) is 18.3 Å². The largest absolute Gasteiger partial charge is 0.383 e. The van der Waals surface area contributed by atoms with Crippen molar-refractivity contribution in [2.45, 2.75) is 31.6 Å². The van der Waals surface area contributed by atoms with Crippen molar-refractivity contribution in [3.05, 3.63) is 11.8 Å². The molecule has 5 nitrogen and oxygen atoms in total. The number of aromatic nitrogens is 2. The molecule has 5 N–H and O–H groups in total. The van der Waals surface area contributed by atoms with Crippen molar-refractivity contribution in [3.63, 3.8) is 0 Å². The first-order chi connectivity index (χ1) is 8.21. The van der Waals surface area contributed by atoms with Crippen molar-refractivity contribution >= 4 is 11.8 Å². The molecule has 0 amide bonds. The lowest BCUT2D eigenvalue weighted by molar-refractivity contribution is 0.295. The van der Waals surface area contributed by atoms with E-state index in [1.165, 1.54) is 25.7 Å². The summed E-state index contributed by atoms with van der Waals surface area (Å²) >= 11 is 0. The Morgan fingerprint density at radius 3 is 2.76 bits per heavy atom. The zero-order valence-corrected chi connectivity index (χ0v) is 9.95. The van der Waals surface area contributed by atoms with E-state index in [-0.39, 0.29) is 5.95 Å². The summed E-state index contributed by atoms with van der Waals surface area (Å²) in [6.07, 6.45) is 7.04. The van der Waals surface area contributed by atoms with Gasteiger partial charge in [-0.2, -0.15) is 4.98 Å². The summed E-state index contributed by atoms with van der Waals surface area (Å²) in [5.41, 5.74) is 13.0. The molecule has 0 radical (unpaired) electrons. The minimum atomic E-state index is 0.262. The molecule has 2 heterocycles. The molecule has 92 valence electrons. The van der Waals surface area contributed by atoms with Gasteiger partial charge in [0.1, 0.15) is 5.82 Å². The van der Waals surface area contributed by atoms with Crippen LogP contribution >= 0.6 is 0 Å². The maximum absolute atomic E-state index is 5.99. The Bertz CT molecular complexity index is 419.